The van der Waals surface area contributed by atoms with E-state index in [1.165, 1.54) is 43.8 Å². The molecule has 21 heavy (non-hydrogen) atoms. The first-order chi connectivity index (χ1) is 9.64. The van der Waals surface area contributed by atoms with Crippen molar-refractivity contribution < 1.29 is 0 Å². The summed E-state index contributed by atoms with van der Waals surface area (Å²) in [6.07, 6.45) is 0. The highest BCUT2D eigenvalue weighted by molar-refractivity contribution is 7.00. The summed E-state index contributed by atoms with van der Waals surface area (Å²) in [5.74, 6) is 0. The minimum absolute atomic E-state index is 1.32. The number of nitrogens with two attached hydrogens (primary N) is 1. The van der Waals surface area contributed by atoms with Crippen LogP contribution < -0.4 is 15.8 Å². The maximum atomic E-state index is 7.00. The minimum Gasteiger partial charge on any atom is -0.344 e. The number of hydrogen-bond acceptors (Lipinski definition) is 1. The van der Waals surface area contributed by atoms with Crippen LogP contribution in [0.3, 0.4) is 0 Å². The van der Waals surface area contributed by atoms with Crippen LogP contribution in [0.1, 0.15) is 33.4 Å². The van der Waals surface area contributed by atoms with Crippen molar-refractivity contribution in [1.29, 1.82) is 0 Å². The second-order valence-electron chi connectivity index (χ2n) is 6.75. The van der Waals surface area contributed by atoms with Gasteiger partial charge in [-0.25, -0.2) is 0 Å². The van der Waals surface area contributed by atoms with Crippen LogP contribution in [0.4, 0.5) is 0 Å². The molecule has 0 fully saturated rings. The van der Waals surface area contributed by atoms with Gasteiger partial charge in [-0.1, -0.05) is 35.4 Å². The molecule has 1 nitrogen and oxygen atoms in total. The Kier molecular flexibility index (Phi) is 4.14. The third kappa shape index (κ3) is 2.83. The van der Waals surface area contributed by atoms with E-state index in [-0.39, 0.29) is 0 Å². The van der Waals surface area contributed by atoms with Crippen LogP contribution in [0.25, 0.3) is 0 Å². The largest absolute Gasteiger partial charge is 0.344 e. The van der Waals surface area contributed by atoms with Crippen molar-refractivity contribution in [2.45, 2.75) is 48.1 Å². The first-order valence-electron chi connectivity index (χ1n) is 7.60. The minimum atomic E-state index is -2.18. The molecule has 0 spiro atoms. The van der Waals surface area contributed by atoms with E-state index in [1.54, 1.807) is 0 Å². The summed E-state index contributed by atoms with van der Waals surface area (Å²) in [6, 6.07) is 9.05. The smallest absolute Gasteiger partial charge is 0.185 e. The van der Waals surface area contributed by atoms with E-state index < -0.39 is 8.24 Å². The van der Waals surface area contributed by atoms with E-state index in [0.717, 1.165) is 0 Å². The third-order valence-electron chi connectivity index (χ3n) is 4.39. The van der Waals surface area contributed by atoms with Gasteiger partial charge >= 0.3 is 0 Å². The van der Waals surface area contributed by atoms with Gasteiger partial charge in [0, 0.05) is 0 Å². The zero-order chi connectivity index (χ0) is 15.9. The topological polar surface area (TPSA) is 26.0 Å². The van der Waals surface area contributed by atoms with Gasteiger partial charge in [-0.15, -0.1) is 0 Å². The number of benzene rings is 2. The second-order valence-corrected chi connectivity index (χ2v) is 10.2. The molecule has 0 radical (unpaired) electrons. The fraction of sp³-hybridized carbons (Fsp3) is 0.368. The SMILES string of the molecule is Cc1cc(C)c([Si](C)(N)c2c(C)cc(C)cc2C)c(C)c1. The highest BCUT2D eigenvalue weighted by Crippen LogP contribution is 2.15. The van der Waals surface area contributed by atoms with Crippen LogP contribution in [0.5, 0.6) is 0 Å². The van der Waals surface area contributed by atoms with Gasteiger partial charge in [0.05, 0.1) is 0 Å². The van der Waals surface area contributed by atoms with Crippen molar-refractivity contribution in [3.8, 4) is 0 Å². The molecule has 0 aliphatic rings. The number of aryl methyl sites for hydroxylation is 6. The summed E-state index contributed by atoms with van der Waals surface area (Å²) in [7, 11) is -2.18. The lowest BCUT2D eigenvalue weighted by atomic mass is 10.1. The lowest BCUT2D eigenvalue weighted by molar-refractivity contribution is 1.32. The number of hydrogen-bond donors (Lipinski definition) is 1. The maximum absolute atomic E-state index is 7.00. The predicted octanol–water partition coefficient (Wildman–Crippen LogP) is 3.19. The lowest BCUT2D eigenvalue weighted by Crippen LogP contribution is -2.67. The third-order valence-corrected chi connectivity index (χ3v) is 8.05. The summed E-state index contributed by atoms with van der Waals surface area (Å²) in [6.45, 7) is 15.4. The quantitative estimate of drug-likeness (QED) is 0.847. The zero-order valence-electron chi connectivity index (χ0n) is 14.4. The highest BCUT2D eigenvalue weighted by Gasteiger charge is 2.33. The van der Waals surface area contributed by atoms with Gasteiger partial charge in [0.25, 0.3) is 0 Å². The van der Waals surface area contributed by atoms with Gasteiger partial charge in [0.1, 0.15) is 0 Å². The van der Waals surface area contributed by atoms with Gasteiger partial charge in [0.2, 0.25) is 0 Å². The molecule has 0 heterocycles. The monoisotopic (exact) mass is 297 g/mol. The molecule has 0 saturated heterocycles. The molecule has 0 amide bonds. The van der Waals surface area contributed by atoms with Gasteiger partial charge in [-0.2, -0.15) is 0 Å². The van der Waals surface area contributed by atoms with Crippen LogP contribution in [-0.2, 0) is 0 Å². The molecule has 0 aliphatic carbocycles. The lowest BCUT2D eigenvalue weighted by Gasteiger charge is -2.30. The maximum Gasteiger partial charge on any atom is 0.185 e. The van der Waals surface area contributed by atoms with Crippen molar-refractivity contribution >= 4 is 18.6 Å². The Morgan fingerprint density at radius 1 is 0.619 bits per heavy atom. The molecule has 2 N–H and O–H groups in total. The molecule has 2 rings (SSSR count). The van der Waals surface area contributed by atoms with Crippen molar-refractivity contribution in [2.75, 3.05) is 0 Å². The fourth-order valence-corrected chi connectivity index (χ4v) is 7.94. The van der Waals surface area contributed by atoms with E-state index in [9.17, 15) is 0 Å². The van der Waals surface area contributed by atoms with Crippen LogP contribution in [0, 0.1) is 41.5 Å². The molecule has 0 bridgehead atoms. The van der Waals surface area contributed by atoms with E-state index in [2.05, 4.69) is 72.4 Å². The molecular weight excluding hydrogens is 270 g/mol. The average Bonchev–Trinajstić information content (AvgIpc) is 2.23. The first-order valence-corrected chi connectivity index (χ1v) is 10.2. The van der Waals surface area contributed by atoms with E-state index in [4.69, 9.17) is 5.40 Å². The Morgan fingerprint density at radius 2 is 0.857 bits per heavy atom. The summed E-state index contributed by atoms with van der Waals surface area (Å²) >= 11 is 0. The normalized spacial score (nSPS) is 11.8. The Balaban J connectivity index is 2.74. The predicted molar refractivity (Wildman–Crippen MR) is 96.4 cm³/mol. The Bertz CT molecular complexity index is 593. The standard InChI is InChI=1S/C19H27NSi/c1-12-8-14(3)18(15(4)9-12)21(7,20)19-16(5)10-13(2)11-17(19)6/h8-11H,20H2,1-7H3. The highest BCUT2D eigenvalue weighted by atomic mass is 28.3. The zero-order valence-corrected chi connectivity index (χ0v) is 15.4. The van der Waals surface area contributed by atoms with Crippen molar-refractivity contribution in [3.63, 3.8) is 0 Å². The van der Waals surface area contributed by atoms with Gasteiger partial charge in [-0.05, 0) is 80.7 Å². The molecule has 0 aliphatic heterocycles. The van der Waals surface area contributed by atoms with Gasteiger partial charge in [-0.3, -0.25) is 0 Å². The molecule has 0 aromatic heterocycles. The molecule has 112 valence electrons. The van der Waals surface area contributed by atoms with E-state index >= 15 is 0 Å². The van der Waals surface area contributed by atoms with Gasteiger partial charge in [0.15, 0.2) is 8.24 Å². The van der Waals surface area contributed by atoms with Crippen molar-refractivity contribution in [3.05, 3.63) is 57.6 Å². The molecule has 0 saturated carbocycles. The molecule has 0 atom stereocenters. The second kappa shape index (κ2) is 5.43. The van der Waals surface area contributed by atoms with E-state index in [0.29, 0.717) is 0 Å². The van der Waals surface area contributed by atoms with Crippen LogP contribution in [0.2, 0.25) is 6.55 Å². The molecule has 2 heteroatoms. The Morgan fingerprint density at radius 3 is 1.10 bits per heavy atom. The van der Waals surface area contributed by atoms with Crippen LogP contribution >= 0.6 is 0 Å². The Labute approximate surface area is 130 Å². The van der Waals surface area contributed by atoms with Crippen LogP contribution in [-0.4, -0.2) is 8.24 Å². The molecule has 2 aromatic rings. The summed E-state index contributed by atoms with van der Waals surface area (Å²) in [5, 5.41) is 9.79. The average molecular weight is 298 g/mol. The fourth-order valence-electron chi connectivity index (χ4n) is 4.12. The number of rotatable bonds is 2. The summed E-state index contributed by atoms with van der Waals surface area (Å²) in [4.78, 5) is 0. The van der Waals surface area contributed by atoms with Crippen molar-refractivity contribution in [1.82, 2.24) is 0 Å². The first kappa shape index (κ1) is 16.0. The Hall–Kier alpha value is -1.38. The molecular formula is C19H27NSi. The summed E-state index contributed by atoms with van der Waals surface area (Å²) < 4.78 is 0. The van der Waals surface area contributed by atoms with E-state index in [1.807, 2.05) is 0 Å². The van der Waals surface area contributed by atoms with Gasteiger partial charge < -0.3 is 5.40 Å². The van der Waals surface area contributed by atoms with Crippen molar-refractivity contribution in [2.24, 2.45) is 5.40 Å². The van der Waals surface area contributed by atoms with Crippen LogP contribution in [0.15, 0.2) is 24.3 Å². The molecule has 0 unspecified atom stereocenters. The summed E-state index contributed by atoms with van der Waals surface area (Å²) in [5.41, 5.74) is 7.98. The molecule has 2 aromatic carbocycles.